The zero-order valence-corrected chi connectivity index (χ0v) is 11.4. The van der Waals surface area contributed by atoms with Crippen LogP contribution in [0.5, 0.6) is 5.75 Å². The highest BCUT2D eigenvalue weighted by atomic mass is 16.5. The molecular formula is C15H24N2O. The number of hydrogen-bond donors (Lipinski definition) is 2. The second-order valence-electron chi connectivity index (χ2n) is 5.14. The van der Waals surface area contributed by atoms with Crippen LogP contribution in [0.25, 0.3) is 0 Å². The van der Waals surface area contributed by atoms with Crippen molar-refractivity contribution in [3.8, 4) is 5.75 Å². The van der Waals surface area contributed by atoms with E-state index in [4.69, 9.17) is 4.74 Å². The van der Waals surface area contributed by atoms with Gasteiger partial charge in [0.2, 0.25) is 0 Å². The van der Waals surface area contributed by atoms with E-state index in [1.54, 1.807) is 7.11 Å². The second-order valence-corrected chi connectivity index (χ2v) is 5.14. The van der Waals surface area contributed by atoms with E-state index in [1.807, 2.05) is 12.1 Å². The maximum Gasteiger partial charge on any atom is 0.119 e. The van der Waals surface area contributed by atoms with E-state index in [2.05, 4.69) is 29.7 Å². The Morgan fingerprint density at radius 1 is 1.39 bits per heavy atom. The van der Waals surface area contributed by atoms with Gasteiger partial charge in [-0.15, -0.1) is 0 Å². The molecule has 1 fully saturated rings. The van der Waals surface area contributed by atoms with Gasteiger partial charge in [0.15, 0.2) is 0 Å². The fourth-order valence-electron chi connectivity index (χ4n) is 1.99. The van der Waals surface area contributed by atoms with E-state index in [1.165, 1.54) is 18.4 Å². The predicted octanol–water partition coefficient (Wildman–Crippen LogP) is 1.97. The molecule has 0 aliphatic heterocycles. The van der Waals surface area contributed by atoms with Gasteiger partial charge in [0.1, 0.15) is 5.75 Å². The van der Waals surface area contributed by atoms with E-state index in [0.29, 0.717) is 6.04 Å². The number of ether oxygens (including phenoxy) is 1. The third-order valence-electron chi connectivity index (χ3n) is 3.33. The number of benzene rings is 1. The van der Waals surface area contributed by atoms with Gasteiger partial charge >= 0.3 is 0 Å². The Morgan fingerprint density at radius 3 is 2.94 bits per heavy atom. The Morgan fingerprint density at radius 2 is 2.22 bits per heavy atom. The summed E-state index contributed by atoms with van der Waals surface area (Å²) in [7, 11) is 1.71. The normalized spacial score (nSPS) is 16.6. The highest BCUT2D eigenvalue weighted by molar-refractivity contribution is 5.28. The molecule has 0 aromatic heterocycles. The van der Waals surface area contributed by atoms with Gasteiger partial charge in [-0.05, 0) is 50.4 Å². The lowest BCUT2D eigenvalue weighted by atomic mass is 10.1. The number of rotatable bonds is 8. The van der Waals surface area contributed by atoms with E-state index >= 15 is 0 Å². The summed E-state index contributed by atoms with van der Waals surface area (Å²) in [4.78, 5) is 0. The summed E-state index contributed by atoms with van der Waals surface area (Å²) in [5.74, 6) is 0.941. The molecule has 0 amide bonds. The molecule has 0 heterocycles. The molecule has 0 spiro atoms. The summed E-state index contributed by atoms with van der Waals surface area (Å²) < 4.78 is 5.22. The third-order valence-corrected chi connectivity index (χ3v) is 3.33. The van der Waals surface area contributed by atoms with Crippen LogP contribution in [-0.2, 0) is 6.42 Å². The summed E-state index contributed by atoms with van der Waals surface area (Å²) >= 11 is 0. The van der Waals surface area contributed by atoms with Crippen molar-refractivity contribution in [3.63, 3.8) is 0 Å². The van der Waals surface area contributed by atoms with Crippen LogP contribution in [0.15, 0.2) is 24.3 Å². The topological polar surface area (TPSA) is 33.3 Å². The molecule has 0 saturated heterocycles. The molecular weight excluding hydrogens is 224 g/mol. The van der Waals surface area contributed by atoms with Gasteiger partial charge in [0.25, 0.3) is 0 Å². The molecule has 100 valence electrons. The van der Waals surface area contributed by atoms with Crippen LogP contribution in [0.1, 0.15) is 25.3 Å². The second kappa shape index (κ2) is 6.76. The lowest BCUT2D eigenvalue weighted by Gasteiger charge is -2.14. The van der Waals surface area contributed by atoms with Crippen molar-refractivity contribution in [2.24, 2.45) is 0 Å². The average Bonchev–Trinajstić information content (AvgIpc) is 3.21. The molecule has 1 aliphatic rings. The molecule has 1 saturated carbocycles. The van der Waals surface area contributed by atoms with Gasteiger partial charge in [0.05, 0.1) is 7.11 Å². The Hall–Kier alpha value is -1.06. The number of methoxy groups -OCH3 is 1. The van der Waals surface area contributed by atoms with E-state index < -0.39 is 0 Å². The molecule has 2 rings (SSSR count). The molecule has 2 N–H and O–H groups in total. The highest BCUT2D eigenvalue weighted by Crippen LogP contribution is 2.18. The van der Waals surface area contributed by atoms with Crippen molar-refractivity contribution in [1.29, 1.82) is 0 Å². The van der Waals surface area contributed by atoms with E-state index in [9.17, 15) is 0 Å². The summed E-state index contributed by atoms with van der Waals surface area (Å²) in [5, 5.41) is 7.09. The minimum Gasteiger partial charge on any atom is -0.497 e. The largest absolute Gasteiger partial charge is 0.497 e. The van der Waals surface area contributed by atoms with Crippen molar-refractivity contribution in [1.82, 2.24) is 10.6 Å². The van der Waals surface area contributed by atoms with Gasteiger partial charge in [-0.3, -0.25) is 0 Å². The lowest BCUT2D eigenvalue weighted by Crippen LogP contribution is -2.38. The summed E-state index contributed by atoms with van der Waals surface area (Å²) in [6, 6.07) is 9.63. The van der Waals surface area contributed by atoms with Crippen LogP contribution in [-0.4, -0.2) is 32.3 Å². The molecule has 18 heavy (non-hydrogen) atoms. The lowest BCUT2D eigenvalue weighted by molar-refractivity contribution is 0.414. The van der Waals surface area contributed by atoms with Gasteiger partial charge in [0, 0.05) is 18.6 Å². The molecule has 0 bridgehead atoms. The van der Waals surface area contributed by atoms with Crippen LogP contribution in [0.2, 0.25) is 0 Å². The first-order valence-corrected chi connectivity index (χ1v) is 6.87. The minimum absolute atomic E-state index is 0.538. The van der Waals surface area contributed by atoms with Crippen molar-refractivity contribution in [3.05, 3.63) is 29.8 Å². The smallest absolute Gasteiger partial charge is 0.119 e. The Balaban J connectivity index is 1.63. The molecule has 1 unspecified atom stereocenters. The average molecular weight is 248 g/mol. The summed E-state index contributed by atoms with van der Waals surface area (Å²) in [6.07, 6.45) is 3.76. The van der Waals surface area contributed by atoms with Crippen molar-refractivity contribution < 1.29 is 4.74 Å². The molecule has 0 radical (unpaired) electrons. The maximum atomic E-state index is 5.22. The standard InChI is InChI=1S/C15H24N2O/c1-12(11-17-14-6-7-14)16-9-8-13-4-3-5-15(10-13)18-2/h3-5,10,12,14,16-17H,6-9,11H2,1-2H3. The van der Waals surface area contributed by atoms with E-state index in [-0.39, 0.29) is 0 Å². The zero-order chi connectivity index (χ0) is 12.8. The molecule has 3 nitrogen and oxygen atoms in total. The molecule has 1 atom stereocenters. The van der Waals surface area contributed by atoms with Gasteiger partial charge in [-0.1, -0.05) is 12.1 Å². The summed E-state index contributed by atoms with van der Waals surface area (Å²) in [5.41, 5.74) is 1.32. The summed E-state index contributed by atoms with van der Waals surface area (Å²) in [6.45, 7) is 4.32. The first kappa shape index (κ1) is 13.4. The Kier molecular flexibility index (Phi) is 5.02. The minimum atomic E-state index is 0.538. The van der Waals surface area contributed by atoms with Crippen LogP contribution < -0.4 is 15.4 Å². The van der Waals surface area contributed by atoms with Crippen LogP contribution >= 0.6 is 0 Å². The van der Waals surface area contributed by atoms with Crippen LogP contribution in [0.4, 0.5) is 0 Å². The highest BCUT2D eigenvalue weighted by Gasteiger charge is 2.20. The fourth-order valence-corrected chi connectivity index (χ4v) is 1.99. The SMILES string of the molecule is COc1cccc(CCNC(C)CNC2CC2)c1. The van der Waals surface area contributed by atoms with Gasteiger partial charge in [-0.25, -0.2) is 0 Å². The van der Waals surface area contributed by atoms with Crippen LogP contribution in [0, 0.1) is 0 Å². The first-order chi connectivity index (χ1) is 8.78. The van der Waals surface area contributed by atoms with Gasteiger partial charge < -0.3 is 15.4 Å². The molecule has 1 aromatic carbocycles. The Bertz CT molecular complexity index is 363. The number of hydrogen-bond acceptors (Lipinski definition) is 3. The zero-order valence-electron chi connectivity index (χ0n) is 11.4. The first-order valence-electron chi connectivity index (χ1n) is 6.87. The Labute approximate surface area is 110 Å². The fraction of sp³-hybridized carbons (Fsp3) is 0.600. The third kappa shape index (κ3) is 4.67. The van der Waals surface area contributed by atoms with E-state index in [0.717, 1.165) is 31.3 Å². The van der Waals surface area contributed by atoms with Crippen molar-refractivity contribution in [2.45, 2.75) is 38.3 Å². The van der Waals surface area contributed by atoms with Crippen molar-refractivity contribution in [2.75, 3.05) is 20.2 Å². The van der Waals surface area contributed by atoms with Crippen molar-refractivity contribution >= 4 is 0 Å². The quantitative estimate of drug-likeness (QED) is 0.738. The monoisotopic (exact) mass is 248 g/mol. The molecule has 1 aliphatic carbocycles. The molecule has 1 aromatic rings. The van der Waals surface area contributed by atoms with Crippen LogP contribution in [0.3, 0.4) is 0 Å². The van der Waals surface area contributed by atoms with Gasteiger partial charge in [-0.2, -0.15) is 0 Å². The predicted molar refractivity (Wildman–Crippen MR) is 75.2 cm³/mol. The maximum absolute atomic E-state index is 5.22. The number of nitrogens with one attached hydrogen (secondary N) is 2. The molecule has 3 heteroatoms.